The van der Waals surface area contributed by atoms with Gasteiger partial charge in [0.05, 0.1) is 11.6 Å². The number of benzene rings is 1. The van der Waals surface area contributed by atoms with Crippen molar-refractivity contribution in [3.05, 3.63) is 51.5 Å². The number of aliphatic hydroxyl groups is 3. The SMILES string of the molecule is CCN(CC)CCCC(C)NC(=O)c1ccc(O)c2c1C[C@H]1C[C@H]3[C@H](N(C)C)C(O)=C(C(N)=O)C(=O)[C@@]3(O)C(O)=C1C2=O. The second kappa shape index (κ2) is 12.1. The van der Waals surface area contributed by atoms with Crippen LogP contribution in [-0.4, -0.2) is 105 Å². The third-order valence-corrected chi connectivity index (χ3v) is 9.23. The number of primary amides is 1. The fourth-order valence-corrected chi connectivity index (χ4v) is 7.00. The Bertz CT molecular complexity index is 1410. The fourth-order valence-electron chi connectivity index (χ4n) is 7.00. The third-order valence-electron chi connectivity index (χ3n) is 9.23. The van der Waals surface area contributed by atoms with Crippen LogP contribution in [0.4, 0.5) is 0 Å². The minimum Gasteiger partial charge on any atom is -0.510 e. The number of amides is 2. The lowest BCUT2D eigenvalue weighted by molar-refractivity contribution is -0.148. The number of Topliss-reactive ketones (excluding diaryl/α,β-unsaturated/α-hetero) is 2. The lowest BCUT2D eigenvalue weighted by Gasteiger charge is -2.50. The highest BCUT2D eigenvalue weighted by Gasteiger charge is 2.63. The Balaban J connectivity index is 1.71. The molecule has 0 aromatic heterocycles. The van der Waals surface area contributed by atoms with Crippen LogP contribution in [0.3, 0.4) is 0 Å². The largest absolute Gasteiger partial charge is 0.510 e. The number of aliphatic hydroxyl groups excluding tert-OH is 2. The molecule has 0 fully saturated rings. The summed E-state index contributed by atoms with van der Waals surface area (Å²) in [6, 6.07) is 1.44. The number of hydrogen-bond donors (Lipinski definition) is 6. The Kier molecular flexibility index (Phi) is 9.05. The summed E-state index contributed by atoms with van der Waals surface area (Å²) >= 11 is 0. The van der Waals surface area contributed by atoms with E-state index in [1.54, 1.807) is 14.1 Å². The van der Waals surface area contributed by atoms with Crippen molar-refractivity contribution in [1.82, 2.24) is 15.1 Å². The van der Waals surface area contributed by atoms with E-state index in [0.717, 1.165) is 32.5 Å². The van der Waals surface area contributed by atoms with Crippen LogP contribution in [0.1, 0.15) is 66.3 Å². The molecule has 3 aliphatic carbocycles. The van der Waals surface area contributed by atoms with Gasteiger partial charge in [-0.2, -0.15) is 0 Å². The van der Waals surface area contributed by atoms with E-state index in [9.17, 15) is 39.6 Å². The molecule has 3 aliphatic rings. The molecule has 12 heteroatoms. The van der Waals surface area contributed by atoms with Crippen molar-refractivity contribution in [2.75, 3.05) is 33.7 Å². The molecule has 0 saturated heterocycles. The van der Waals surface area contributed by atoms with Crippen LogP contribution in [0.2, 0.25) is 0 Å². The number of ketones is 2. The number of phenolic OH excluding ortho intramolecular Hbond substituents is 1. The number of allylic oxidation sites excluding steroid dienone is 1. The first-order valence-electron chi connectivity index (χ1n) is 14.7. The topological polar surface area (TPSA) is 194 Å². The number of hydrogen-bond acceptors (Lipinski definition) is 10. The van der Waals surface area contributed by atoms with Crippen LogP contribution in [0.5, 0.6) is 5.75 Å². The van der Waals surface area contributed by atoms with Crippen LogP contribution in [0, 0.1) is 11.8 Å². The first-order valence-corrected chi connectivity index (χ1v) is 14.7. The summed E-state index contributed by atoms with van der Waals surface area (Å²) in [5.41, 5.74) is 1.84. The van der Waals surface area contributed by atoms with Gasteiger partial charge in [-0.05, 0) is 90.0 Å². The maximum absolute atomic E-state index is 13.9. The van der Waals surface area contributed by atoms with Gasteiger partial charge in [-0.1, -0.05) is 13.8 Å². The average Bonchev–Trinajstić information content (AvgIpc) is 2.92. The lowest BCUT2D eigenvalue weighted by atomic mass is 9.58. The monoisotopic (exact) mass is 598 g/mol. The predicted octanol–water partition coefficient (Wildman–Crippen LogP) is 1.36. The standard InChI is InChI=1S/C31H42N4O8/c1-6-35(7-2)12-8-9-15(3)33-30(42)17-10-11-20(36)22-18(17)13-16-14-19-24(34(4)5)26(38)23(29(32)41)28(40)31(19,43)27(39)21(16)25(22)37/h10-11,15-16,19,24,36,38-39,43H,6-9,12-14H2,1-5H3,(H2,32,41)(H,33,42)/t15?,16-,19-,24-,31-/m0/s1. The maximum Gasteiger partial charge on any atom is 0.255 e. The first kappa shape index (κ1) is 32.2. The fraction of sp³-hybridized carbons (Fsp3) is 0.548. The van der Waals surface area contributed by atoms with Gasteiger partial charge in [0, 0.05) is 23.1 Å². The average molecular weight is 599 g/mol. The zero-order valence-electron chi connectivity index (χ0n) is 25.3. The smallest absolute Gasteiger partial charge is 0.255 e. The van der Waals surface area contributed by atoms with Gasteiger partial charge in [0.25, 0.3) is 11.8 Å². The number of carbonyl (C=O) groups is 4. The highest BCUT2D eigenvalue weighted by molar-refractivity contribution is 6.25. The normalized spacial score (nSPS) is 25.9. The molecule has 0 saturated carbocycles. The van der Waals surface area contributed by atoms with Crippen LogP contribution in [0.25, 0.3) is 0 Å². The van der Waals surface area contributed by atoms with Crippen molar-refractivity contribution >= 4 is 23.4 Å². The molecular formula is C31H42N4O8. The van der Waals surface area contributed by atoms with Gasteiger partial charge in [0.15, 0.2) is 11.4 Å². The van der Waals surface area contributed by atoms with Gasteiger partial charge in [0.1, 0.15) is 22.8 Å². The number of fused-ring (bicyclic) bond motifs is 3. The number of phenols is 1. The van der Waals surface area contributed by atoms with E-state index in [2.05, 4.69) is 24.1 Å². The summed E-state index contributed by atoms with van der Waals surface area (Å²) in [6.45, 7) is 8.90. The Morgan fingerprint density at radius 1 is 1.14 bits per heavy atom. The molecule has 12 nitrogen and oxygen atoms in total. The van der Waals surface area contributed by atoms with E-state index in [-0.39, 0.29) is 35.6 Å². The van der Waals surface area contributed by atoms with E-state index in [1.807, 2.05) is 6.92 Å². The molecule has 2 amide bonds. The minimum atomic E-state index is -2.71. The van der Waals surface area contributed by atoms with Gasteiger partial charge in [0.2, 0.25) is 5.78 Å². The van der Waals surface area contributed by atoms with Crippen molar-refractivity contribution < 1.29 is 39.6 Å². The summed E-state index contributed by atoms with van der Waals surface area (Å²) < 4.78 is 0. The molecule has 4 rings (SSSR count). The minimum absolute atomic E-state index is 0.0437. The number of nitrogens with two attached hydrogens (primary N) is 1. The van der Waals surface area contributed by atoms with E-state index < -0.39 is 69.7 Å². The molecule has 0 spiro atoms. The molecule has 1 unspecified atom stereocenters. The zero-order chi connectivity index (χ0) is 32.0. The van der Waals surface area contributed by atoms with E-state index in [1.165, 1.54) is 17.0 Å². The predicted molar refractivity (Wildman–Crippen MR) is 158 cm³/mol. The molecule has 0 radical (unpaired) electrons. The Labute approximate surface area is 250 Å². The summed E-state index contributed by atoms with van der Waals surface area (Å²) in [7, 11) is 3.13. The number of carbonyl (C=O) groups excluding carboxylic acids is 4. The van der Waals surface area contributed by atoms with Gasteiger partial charge in [-0.3, -0.25) is 24.1 Å². The van der Waals surface area contributed by atoms with Gasteiger partial charge < -0.3 is 36.4 Å². The molecule has 1 aromatic carbocycles. The van der Waals surface area contributed by atoms with Crippen LogP contribution < -0.4 is 11.1 Å². The molecule has 1 aromatic rings. The van der Waals surface area contributed by atoms with Crippen molar-refractivity contribution in [3.8, 4) is 5.75 Å². The second-order valence-electron chi connectivity index (χ2n) is 12.0. The number of nitrogens with one attached hydrogen (secondary N) is 1. The molecule has 234 valence electrons. The van der Waals surface area contributed by atoms with Crippen molar-refractivity contribution in [3.63, 3.8) is 0 Å². The number of likely N-dealkylation sites (N-methyl/N-ethyl adjacent to an activating group) is 1. The Morgan fingerprint density at radius 3 is 2.37 bits per heavy atom. The van der Waals surface area contributed by atoms with Crippen molar-refractivity contribution in [2.24, 2.45) is 17.6 Å². The third kappa shape index (κ3) is 5.32. The van der Waals surface area contributed by atoms with Gasteiger partial charge in [-0.25, -0.2) is 0 Å². The summed E-state index contributed by atoms with van der Waals surface area (Å²) in [6.07, 6.45) is 1.63. The molecule has 43 heavy (non-hydrogen) atoms. The lowest BCUT2D eigenvalue weighted by Crippen LogP contribution is -2.63. The number of nitrogens with zero attached hydrogens (tertiary/aromatic N) is 2. The molecule has 0 bridgehead atoms. The number of rotatable bonds is 10. The maximum atomic E-state index is 13.9. The highest BCUT2D eigenvalue weighted by atomic mass is 16.3. The Hall–Kier alpha value is -3.74. The van der Waals surface area contributed by atoms with E-state index in [0.29, 0.717) is 5.56 Å². The molecule has 7 N–H and O–H groups in total. The van der Waals surface area contributed by atoms with Crippen molar-refractivity contribution in [1.29, 1.82) is 0 Å². The van der Waals surface area contributed by atoms with Crippen LogP contribution in [-0.2, 0) is 16.0 Å². The van der Waals surface area contributed by atoms with Gasteiger partial charge >= 0.3 is 0 Å². The van der Waals surface area contributed by atoms with E-state index >= 15 is 0 Å². The van der Waals surface area contributed by atoms with Crippen LogP contribution in [0.15, 0.2) is 34.8 Å². The summed E-state index contributed by atoms with van der Waals surface area (Å²) in [5, 5.41) is 47.7. The summed E-state index contributed by atoms with van der Waals surface area (Å²) in [4.78, 5) is 56.6. The molecular weight excluding hydrogens is 556 g/mol. The quantitative estimate of drug-likeness (QED) is 0.214. The van der Waals surface area contributed by atoms with E-state index in [4.69, 9.17) is 5.73 Å². The first-order chi connectivity index (χ1) is 20.2. The number of aromatic hydroxyl groups is 1. The second-order valence-corrected chi connectivity index (χ2v) is 12.0. The summed E-state index contributed by atoms with van der Waals surface area (Å²) in [5.74, 6) is -7.70. The van der Waals surface area contributed by atoms with Gasteiger partial charge in [-0.15, -0.1) is 0 Å². The highest BCUT2D eigenvalue weighted by Crippen LogP contribution is 2.52. The molecule has 0 heterocycles. The molecule has 0 aliphatic heterocycles. The Morgan fingerprint density at radius 2 is 1.79 bits per heavy atom. The van der Waals surface area contributed by atoms with Crippen molar-refractivity contribution in [2.45, 2.75) is 64.1 Å². The molecule has 5 atom stereocenters. The zero-order valence-corrected chi connectivity index (χ0v) is 25.3. The van der Waals surface area contributed by atoms with Crippen LogP contribution >= 0.6 is 0 Å².